The summed E-state index contributed by atoms with van der Waals surface area (Å²) in [6.45, 7) is 2.31. The van der Waals surface area contributed by atoms with Crippen LogP contribution in [0.25, 0.3) is 27.3 Å². The first kappa shape index (κ1) is 30.1. The molecule has 0 saturated heterocycles. The van der Waals surface area contributed by atoms with Crippen molar-refractivity contribution >= 4 is 38.8 Å². The van der Waals surface area contributed by atoms with Crippen LogP contribution >= 0.6 is 0 Å². The smallest absolute Gasteiger partial charge is 0.0550 e. The largest absolute Gasteiger partial charge is 1.00 e. The summed E-state index contributed by atoms with van der Waals surface area (Å²) in [6, 6.07) is 30.0. The van der Waals surface area contributed by atoms with Crippen LogP contribution in [-0.4, -0.2) is 12.1 Å². The maximum atomic E-state index is 11.4. The fourth-order valence-electron chi connectivity index (χ4n) is 6.98. The summed E-state index contributed by atoms with van der Waals surface area (Å²) in [5.41, 5.74) is 7.24. The first-order chi connectivity index (χ1) is 16.9. The standard InChI is InChI=1S/C13H9.C11H17NO.C7H8Si.2ClH.Ti/c1-3-7-12-10(5-1)9-11-6-2-4-8-13(11)12;12-10(13)11-4-7-1-8(5-11)3-9(2-7)6-11;1-8-7-5-3-2-4-6-7;;;/h1-9H;7-9H,1-6H2,(H2,12,13);2-6H,1H3;2*1H;/q-1;;;;;+2/p-3. The van der Waals surface area contributed by atoms with Crippen LogP contribution in [0.4, 0.5) is 0 Å². The maximum Gasteiger partial charge on any atom is 0.0550 e. The fraction of sp³-hybridized carbons (Fsp3) is 0.355. The topological polar surface area (TPSA) is 40.9 Å². The van der Waals surface area contributed by atoms with Crippen LogP contribution in [0.3, 0.4) is 0 Å². The van der Waals surface area contributed by atoms with E-state index in [0.717, 1.165) is 37.0 Å². The van der Waals surface area contributed by atoms with Gasteiger partial charge in [-0.15, -0.1) is 39.7 Å². The molecule has 6 heteroatoms. The summed E-state index contributed by atoms with van der Waals surface area (Å²) in [5, 5.41) is 6.91. The summed E-state index contributed by atoms with van der Waals surface area (Å²) >= 11 is 2.31. The number of rotatable bonds is 2. The summed E-state index contributed by atoms with van der Waals surface area (Å²) in [6.07, 6.45) is 6.98. The van der Waals surface area contributed by atoms with E-state index < -0.39 is 0 Å². The number of carbonyl (C=O) groups is 1. The number of benzene rings is 3. The molecule has 0 spiro atoms. The zero-order valence-corrected chi connectivity index (χ0v) is 25.3. The Morgan fingerprint density at radius 3 is 1.57 bits per heavy atom. The van der Waals surface area contributed by atoms with Gasteiger partial charge in [0.1, 0.15) is 0 Å². The summed E-state index contributed by atoms with van der Waals surface area (Å²) in [7, 11) is 0. The molecular formula is C31H33Cl2NOSiTi-2. The van der Waals surface area contributed by atoms with Crippen LogP contribution in [0.5, 0.6) is 0 Å². The number of nitrogens with one attached hydrogen (secondary N) is 1. The Bertz CT molecular complexity index is 1270. The zero-order chi connectivity index (χ0) is 24.4. The molecule has 0 unspecified atom stereocenters. The molecule has 8 rings (SSSR count). The van der Waals surface area contributed by atoms with Crippen molar-refractivity contribution in [1.82, 2.24) is 0 Å². The molecule has 4 aliphatic rings. The number of carbonyl (C=O) groups excluding carboxylic acids is 1. The molecule has 1 amide bonds. The Labute approximate surface area is 245 Å². The minimum absolute atomic E-state index is 0. The Morgan fingerprint density at radius 1 is 0.784 bits per heavy atom. The van der Waals surface area contributed by atoms with Gasteiger partial charge in [0, 0.05) is 5.41 Å². The molecule has 4 aromatic carbocycles. The van der Waals surface area contributed by atoms with Gasteiger partial charge in [-0.05, 0) is 56.3 Å². The van der Waals surface area contributed by atoms with Gasteiger partial charge in [0.2, 0.25) is 0 Å². The van der Waals surface area contributed by atoms with Crippen molar-refractivity contribution in [2.24, 2.45) is 23.2 Å². The Morgan fingerprint density at radius 2 is 1.19 bits per heavy atom. The van der Waals surface area contributed by atoms with Crippen LogP contribution in [0, 0.1) is 23.2 Å². The molecule has 0 aliphatic heterocycles. The van der Waals surface area contributed by atoms with Gasteiger partial charge in [0.25, 0.3) is 0 Å². The van der Waals surface area contributed by atoms with Crippen molar-refractivity contribution in [3.63, 3.8) is 0 Å². The molecule has 0 aromatic heterocycles. The first-order valence-corrected chi connectivity index (χ1v) is 17.2. The quantitative estimate of drug-likeness (QED) is 0.262. The van der Waals surface area contributed by atoms with Crippen LogP contribution in [0.2, 0.25) is 6.55 Å². The van der Waals surface area contributed by atoms with E-state index in [-0.39, 0.29) is 42.3 Å². The van der Waals surface area contributed by atoms with Gasteiger partial charge in [0.15, 0.2) is 0 Å². The average Bonchev–Trinajstić information content (AvgIpc) is 3.23. The van der Waals surface area contributed by atoms with Gasteiger partial charge in [-0.1, -0.05) is 36.4 Å². The second kappa shape index (κ2) is 13.0. The van der Waals surface area contributed by atoms with E-state index in [4.69, 9.17) is 5.73 Å². The predicted octanol–water partition coefficient (Wildman–Crippen LogP) is 1.56. The van der Waals surface area contributed by atoms with Crippen molar-refractivity contribution in [1.29, 1.82) is 0 Å². The van der Waals surface area contributed by atoms with Crippen LogP contribution < -0.4 is 30.0 Å². The number of hydrogen-bond acceptors (Lipinski definition) is 1. The van der Waals surface area contributed by atoms with Gasteiger partial charge in [0.05, 0.1) is 5.91 Å². The molecule has 1 N–H and O–H groups in total. The Balaban J connectivity index is 0.000000153. The molecule has 37 heavy (non-hydrogen) atoms. The first-order valence-electron chi connectivity index (χ1n) is 12.8. The predicted molar refractivity (Wildman–Crippen MR) is 145 cm³/mol. The van der Waals surface area contributed by atoms with E-state index in [1.165, 1.54) is 46.0 Å². The number of fused-ring (bicyclic) bond motifs is 3. The second-order valence-electron chi connectivity index (χ2n) is 10.8. The van der Waals surface area contributed by atoms with Gasteiger partial charge >= 0.3 is 67.4 Å². The molecule has 4 saturated carbocycles. The van der Waals surface area contributed by atoms with Crippen molar-refractivity contribution in [3.05, 3.63) is 90.7 Å². The van der Waals surface area contributed by atoms with Gasteiger partial charge < -0.3 is 35.3 Å². The van der Waals surface area contributed by atoms with E-state index in [9.17, 15) is 4.79 Å². The van der Waals surface area contributed by atoms with Crippen molar-refractivity contribution in [3.8, 4) is 0 Å². The molecule has 4 aromatic rings. The van der Waals surface area contributed by atoms with E-state index in [1.807, 2.05) is 0 Å². The molecule has 4 bridgehead atoms. The van der Waals surface area contributed by atoms with Gasteiger partial charge in [-0.3, -0.25) is 0 Å². The summed E-state index contributed by atoms with van der Waals surface area (Å²) < 4.78 is 0. The minimum Gasteiger partial charge on any atom is -1.00 e. The SMILES string of the molecule is C[Si](=[Ti+2])c1ccccc1.[Cl-].[Cl-].[NH-]C(=O)C12CC3CC(CC(C3)C1)C2.c1ccc2c(c1)[cH-]c1ccccc12. The van der Waals surface area contributed by atoms with Crippen LogP contribution in [0.1, 0.15) is 38.5 Å². The number of amides is 1. The Kier molecular flexibility index (Phi) is 10.6. The normalized spacial score (nSPS) is 24.6. The van der Waals surface area contributed by atoms with E-state index in [0.29, 0.717) is 0 Å². The summed E-state index contributed by atoms with van der Waals surface area (Å²) in [4.78, 5) is 11.4. The van der Waals surface area contributed by atoms with E-state index >= 15 is 0 Å². The molecule has 2 nitrogen and oxygen atoms in total. The molecule has 0 heterocycles. The monoisotopic (exact) mass is 581 g/mol. The second-order valence-corrected chi connectivity index (χ2v) is 16.2. The van der Waals surface area contributed by atoms with Crippen molar-refractivity contribution in [2.75, 3.05) is 0 Å². The number of halogens is 2. The third-order valence-corrected chi connectivity index (χ3v) is 10.8. The summed E-state index contributed by atoms with van der Waals surface area (Å²) in [5.74, 6) is 2.12. The molecular weight excluding hydrogens is 549 g/mol. The zero-order valence-electron chi connectivity index (χ0n) is 21.2. The van der Waals surface area contributed by atoms with E-state index in [1.54, 1.807) is 0 Å². The van der Waals surface area contributed by atoms with E-state index in [2.05, 4.69) is 111 Å². The molecule has 4 aliphatic carbocycles. The fourth-order valence-corrected chi connectivity index (χ4v) is 8.45. The van der Waals surface area contributed by atoms with Crippen molar-refractivity contribution < 1.29 is 48.8 Å². The average molecular weight is 582 g/mol. The van der Waals surface area contributed by atoms with Gasteiger partial charge in [-0.2, -0.15) is 0 Å². The third-order valence-electron chi connectivity index (χ3n) is 8.25. The van der Waals surface area contributed by atoms with Gasteiger partial charge in [-0.25, -0.2) is 0 Å². The molecule has 192 valence electrons. The van der Waals surface area contributed by atoms with Crippen molar-refractivity contribution in [2.45, 2.75) is 45.1 Å². The number of hydrogen-bond donors (Lipinski definition) is 0. The molecule has 4 fully saturated rings. The Hall–Kier alpha value is -1.49. The molecule has 0 radical (unpaired) electrons. The van der Waals surface area contributed by atoms with Crippen LogP contribution in [0.15, 0.2) is 84.9 Å². The minimum atomic E-state index is -0.258. The third kappa shape index (κ3) is 6.75. The maximum absolute atomic E-state index is 11.4. The van der Waals surface area contributed by atoms with Crippen LogP contribution in [-0.2, 0) is 24.0 Å². The molecule has 0 atom stereocenters.